The summed E-state index contributed by atoms with van der Waals surface area (Å²) in [7, 11) is -5.17. The largest absolute Gasteiger partial charge is 1.00 e. The summed E-state index contributed by atoms with van der Waals surface area (Å²) < 4.78 is 34.1. The Bertz CT molecular complexity index is 422. The molecule has 0 bridgehead atoms. The van der Waals surface area contributed by atoms with Gasteiger partial charge >= 0.3 is 109 Å². The van der Waals surface area contributed by atoms with E-state index in [0.717, 1.165) is 0 Å². The molecule has 0 heterocycles. The first kappa shape index (κ1) is 28.4. The fourth-order valence-electron chi connectivity index (χ4n) is 0.511. The van der Waals surface area contributed by atoms with Crippen molar-refractivity contribution in [2.24, 2.45) is 0 Å². The predicted molar refractivity (Wildman–Crippen MR) is 56.4 cm³/mol. The molecule has 1 aromatic rings. The average molecular weight is 344 g/mol. The molecule has 0 radical (unpaired) electrons. The van der Waals surface area contributed by atoms with Crippen LogP contribution in [0.4, 0.5) is 16.2 Å². The molecule has 19 heavy (non-hydrogen) atoms. The van der Waals surface area contributed by atoms with Crippen LogP contribution in [-0.2, 0) is 10.4 Å². The maximum atomic E-state index is 8.56. The van der Waals surface area contributed by atoms with Crippen molar-refractivity contribution < 1.29 is 135 Å². The van der Waals surface area contributed by atoms with Gasteiger partial charge < -0.3 is 30.8 Å². The zero-order chi connectivity index (χ0) is 14.1. The molecule has 0 atom stereocenters. The van der Waals surface area contributed by atoms with E-state index in [-0.39, 0.29) is 103 Å². The second kappa shape index (κ2) is 15.6. The Kier molecular flexibility index (Phi) is 23.3. The minimum atomic E-state index is -5.17. The van der Waals surface area contributed by atoms with Gasteiger partial charge in [-0.15, -0.1) is 0 Å². The summed E-state index contributed by atoms with van der Waals surface area (Å²) in [5, 5.41) is 13.9. The van der Waals surface area contributed by atoms with Crippen LogP contribution in [0.5, 0.6) is 0 Å². The van der Waals surface area contributed by atoms with E-state index >= 15 is 0 Å². The van der Waals surface area contributed by atoms with E-state index in [1.165, 1.54) is 0 Å². The van der Waals surface area contributed by atoms with Crippen molar-refractivity contribution in [1.82, 2.24) is 0 Å². The first-order valence-corrected chi connectivity index (χ1v) is 5.06. The number of carboxylic acid groups (broad SMARTS) is 2. The number of carbonyl (C=O) groups is 1. The van der Waals surface area contributed by atoms with Crippen LogP contribution in [0.1, 0.15) is 0 Å². The number of para-hydroxylation sites is 2. The third kappa shape index (κ3) is 38.2. The fraction of sp³-hybridized carbons (Fsp3) is 0. The Hall–Kier alpha value is 1.23. The van der Waals surface area contributed by atoms with Crippen LogP contribution in [0.2, 0.25) is 0 Å². The maximum absolute atomic E-state index is 8.56. The standard InChI is InChI=1S/C6H8N2.CH2O3.2K.H2O4S/c7-5-3-1-2-4-6(5)8;2-1(3)4;;;1-5(2,3)4/h1-4H,7-8H2;(H2,2,3,4);;;(H2,1,2,3,4)/q;;2*+1;/p-2. The van der Waals surface area contributed by atoms with Crippen molar-refractivity contribution in [3.63, 3.8) is 0 Å². The molecule has 0 saturated carbocycles. The number of hydrogen-bond acceptors (Lipinski definition) is 7. The second-order valence-electron chi connectivity index (χ2n) is 2.32. The zero-order valence-electron chi connectivity index (χ0n) is 10.3. The predicted octanol–water partition coefficient (Wildman–Crippen LogP) is -6.26. The Morgan fingerprint density at radius 1 is 1.00 bits per heavy atom. The normalized spacial score (nSPS) is 8.11. The van der Waals surface area contributed by atoms with Gasteiger partial charge in [-0.05, 0) is 12.1 Å². The molecule has 9 nitrogen and oxygen atoms in total. The van der Waals surface area contributed by atoms with Gasteiger partial charge in [0, 0.05) is 10.4 Å². The third-order valence-electron chi connectivity index (χ3n) is 0.996. The van der Waals surface area contributed by atoms with Gasteiger partial charge in [-0.1, -0.05) is 12.1 Å². The number of nitrogens with two attached hydrogens (primary N) is 2. The molecule has 12 heteroatoms. The van der Waals surface area contributed by atoms with Crippen molar-refractivity contribution in [3.05, 3.63) is 24.3 Å². The topological polar surface area (TPSA) is 190 Å². The maximum Gasteiger partial charge on any atom is 1.00 e. The molecule has 98 valence electrons. The van der Waals surface area contributed by atoms with E-state index in [0.29, 0.717) is 11.4 Å². The first-order chi connectivity index (χ1) is 7.54. The first-order valence-electron chi connectivity index (χ1n) is 3.72. The quantitative estimate of drug-likeness (QED) is 0.153. The summed E-state index contributed by atoms with van der Waals surface area (Å²) in [5.74, 6) is 0. The van der Waals surface area contributed by atoms with Crippen LogP contribution in [0, 0.1) is 0 Å². The summed E-state index contributed by atoms with van der Waals surface area (Å²) >= 11 is 0. The van der Waals surface area contributed by atoms with Gasteiger partial charge in [0.15, 0.2) is 0 Å². The fourth-order valence-corrected chi connectivity index (χ4v) is 0.511. The molecule has 0 fully saturated rings. The number of anilines is 2. The summed E-state index contributed by atoms with van der Waals surface area (Å²) in [4.78, 5) is 8.56. The van der Waals surface area contributed by atoms with Crippen molar-refractivity contribution in [1.29, 1.82) is 0 Å². The molecule has 0 amide bonds. The Morgan fingerprint density at radius 3 is 1.26 bits per heavy atom. The van der Waals surface area contributed by atoms with E-state index in [1.54, 1.807) is 12.1 Å². The van der Waals surface area contributed by atoms with Crippen LogP contribution in [0.3, 0.4) is 0 Å². The Morgan fingerprint density at radius 2 is 1.16 bits per heavy atom. The van der Waals surface area contributed by atoms with Crippen molar-refractivity contribution in [2.45, 2.75) is 0 Å². The molecule has 0 saturated heterocycles. The molecule has 0 aliphatic carbocycles. The van der Waals surface area contributed by atoms with E-state index in [1.807, 2.05) is 12.1 Å². The second-order valence-corrected chi connectivity index (χ2v) is 3.14. The van der Waals surface area contributed by atoms with Gasteiger partial charge in [-0.2, -0.15) is 0 Å². The minimum Gasteiger partial charge on any atom is -0.759 e. The van der Waals surface area contributed by atoms with Gasteiger partial charge in [-0.3, -0.25) is 8.42 Å². The van der Waals surface area contributed by atoms with Crippen molar-refractivity contribution in [2.75, 3.05) is 11.5 Å². The smallest absolute Gasteiger partial charge is 0.759 e. The molecule has 1 aromatic carbocycles. The van der Waals surface area contributed by atoms with Crippen LogP contribution in [0.15, 0.2) is 24.3 Å². The molecule has 0 unspecified atom stereocenters. The molecule has 0 aliphatic heterocycles. The monoisotopic (exact) mass is 344 g/mol. The van der Waals surface area contributed by atoms with Crippen LogP contribution in [-0.4, -0.2) is 33.9 Å². The van der Waals surface area contributed by atoms with Crippen LogP contribution in [0.25, 0.3) is 0 Å². The van der Waals surface area contributed by atoms with Crippen molar-refractivity contribution in [3.8, 4) is 0 Å². The van der Waals surface area contributed by atoms with Crippen molar-refractivity contribution >= 4 is 27.9 Å². The summed E-state index contributed by atoms with van der Waals surface area (Å²) in [5.41, 5.74) is 12.1. The molecule has 0 spiro atoms. The molecule has 1 rings (SSSR count). The number of hydrogen-bond donors (Lipinski definition) is 4. The number of rotatable bonds is 0. The zero-order valence-corrected chi connectivity index (χ0v) is 17.4. The number of nitrogen functional groups attached to an aromatic ring is 2. The SMILES string of the molecule is Nc1ccccc1N.O=C(O)O.O=S(=O)([O-])[O-].[K+].[K+]. The van der Waals surface area contributed by atoms with E-state index in [4.69, 9.17) is 44.0 Å². The van der Waals surface area contributed by atoms with Gasteiger partial charge in [0.1, 0.15) is 0 Å². The van der Waals surface area contributed by atoms with Gasteiger partial charge in [0.25, 0.3) is 0 Å². The average Bonchev–Trinajstić information content (AvgIpc) is 2.06. The van der Waals surface area contributed by atoms with Gasteiger partial charge in [-0.25, -0.2) is 4.79 Å². The Labute approximate surface area is 195 Å². The summed E-state index contributed by atoms with van der Waals surface area (Å²) in [6.07, 6.45) is -1.83. The molecule has 0 aromatic heterocycles. The third-order valence-corrected chi connectivity index (χ3v) is 0.996. The van der Waals surface area contributed by atoms with Crippen LogP contribution >= 0.6 is 0 Å². The number of benzene rings is 1. The molecular formula is C7H10K2N2O7S. The van der Waals surface area contributed by atoms with Crippen LogP contribution < -0.4 is 114 Å². The molecule has 6 N–H and O–H groups in total. The minimum absolute atomic E-state index is 0. The van der Waals surface area contributed by atoms with Gasteiger partial charge in [0.05, 0.1) is 11.4 Å². The summed E-state index contributed by atoms with van der Waals surface area (Å²) in [6.45, 7) is 0. The molecule has 0 aliphatic rings. The Balaban J connectivity index is -0.0000000910. The van der Waals surface area contributed by atoms with E-state index in [2.05, 4.69) is 0 Å². The van der Waals surface area contributed by atoms with E-state index < -0.39 is 16.6 Å². The van der Waals surface area contributed by atoms with Gasteiger partial charge in [0.2, 0.25) is 0 Å². The molecular weight excluding hydrogens is 334 g/mol. The van der Waals surface area contributed by atoms with E-state index in [9.17, 15) is 0 Å². The summed E-state index contributed by atoms with van der Waals surface area (Å²) in [6, 6.07) is 7.25.